The molecule has 1 aromatic heterocycles. The van der Waals surface area contributed by atoms with Crippen LogP contribution in [0.1, 0.15) is 52.9 Å². The van der Waals surface area contributed by atoms with Crippen LogP contribution in [0, 0.1) is 13.8 Å². The number of hydrogen-bond acceptors (Lipinski definition) is 6. The number of para-hydroxylation sites is 2. The van der Waals surface area contributed by atoms with Gasteiger partial charge in [-0.1, -0.05) is 12.1 Å². The Kier molecular flexibility index (Phi) is 5.78. The van der Waals surface area contributed by atoms with Gasteiger partial charge in [-0.05, 0) is 45.4 Å². The molecule has 1 N–H and O–H groups in total. The van der Waals surface area contributed by atoms with Gasteiger partial charge in [0.2, 0.25) is 17.8 Å². The monoisotopic (exact) mass is 412 g/mol. The van der Waals surface area contributed by atoms with Gasteiger partial charge in [0.25, 0.3) is 0 Å². The van der Waals surface area contributed by atoms with Crippen LogP contribution in [0.15, 0.2) is 24.3 Å². The minimum absolute atomic E-state index is 0.0127. The zero-order valence-corrected chi connectivity index (χ0v) is 17.6. The molecule has 158 valence electrons. The number of anilines is 1. The molecule has 3 rings (SSSR count). The van der Waals surface area contributed by atoms with E-state index in [9.17, 15) is 19.2 Å². The number of ketones is 2. The quantitative estimate of drug-likeness (QED) is 0.598. The number of benzene rings is 1. The molecule has 0 saturated carbocycles. The van der Waals surface area contributed by atoms with E-state index in [2.05, 4.69) is 4.98 Å². The van der Waals surface area contributed by atoms with E-state index < -0.39 is 24.0 Å². The molecule has 0 aliphatic carbocycles. The normalized spacial score (nSPS) is 16.3. The van der Waals surface area contributed by atoms with E-state index in [1.165, 1.54) is 25.7 Å². The van der Waals surface area contributed by atoms with Gasteiger partial charge in [-0.2, -0.15) is 0 Å². The topological polar surface area (TPSA) is 106 Å². The summed E-state index contributed by atoms with van der Waals surface area (Å²) in [4.78, 5) is 53.7. The second-order valence-corrected chi connectivity index (χ2v) is 7.33. The van der Waals surface area contributed by atoms with E-state index in [4.69, 9.17) is 9.47 Å². The summed E-state index contributed by atoms with van der Waals surface area (Å²) in [7, 11) is 0. The van der Waals surface area contributed by atoms with Crippen molar-refractivity contribution in [3.63, 3.8) is 0 Å². The molecule has 2 heterocycles. The van der Waals surface area contributed by atoms with Crippen LogP contribution >= 0.6 is 0 Å². The van der Waals surface area contributed by atoms with Crippen LogP contribution in [-0.4, -0.2) is 47.2 Å². The van der Waals surface area contributed by atoms with Crippen LogP contribution in [0.4, 0.5) is 5.69 Å². The Morgan fingerprint density at radius 1 is 1.17 bits per heavy atom. The number of ether oxygens (including phenoxy) is 2. The van der Waals surface area contributed by atoms with Crippen molar-refractivity contribution in [1.82, 2.24) is 4.98 Å². The molecule has 1 aliphatic heterocycles. The van der Waals surface area contributed by atoms with E-state index in [1.54, 1.807) is 38.1 Å². The van der Waals surface area contributed by atoms with Gasteiger partial charge < -0.3 is 19.4 Å². The lowest BCUT2D eigenvalue weighted by Gasteiger charge is -2.33. The van der Waals surface area contributed by atoms with E-state index in [0.717, 1.165) is 0 Å². The summed E-state index contributed by atoms with van der Waals surface area (Å²) in [6.45, 7) is 7.66. The predicted molar refractivity (Wildman–Crippen MR) is 109 cm³/mol. The Labute approximate surface area is 174 Å². The van der Waals surface area contributed by atoms with Crippen LogP contribution < -0.4 is 9.64 Å². The van der Waals surface area contributed by atoms with Crippen LogP contribution in [0.3, 0.4) is 0 Å². The van der Waals surface area contributed by atoms with Crippen molar-refractivity contribution in [3.05, 3.63) is 46.8 Å². The fourth-order valence-electron chi connectivity index (χ4n) is 3.69. The summed E-state index contributed by atoms with van der Waals surface area (Å²) in [5.41, 5.74) is 2.39. The molecule has 30 heavy (non-hydrogen) atoms. The van der Waals surface area contributed by atoms with Crippen LogP contribution in [-0.2, 0) is 14.3 Å². The van der Waals surface area contributed by atoms with Gasteiger partial charge in [-0.15, -0.1) is 0 Å². The lowest BCUT2D eigenvalue weighted by atomic mass is 10.0. The van der Waals surface area contributed by atoms with Gasteiger partial charge in [0, 0.05) is 18.2 Å². The van der Waals surface area contributed by atoms with Gasteiger partial charge in [0.1, 0.15) is 5.75 Å². The first-order valence-corrected chi connectivity index (χ1v) is 9.60. The third-order valence-electron chi connectivity index (χ3n) is 5.11. The van der Waals surface area contributed by atoms with E-state index in [0.29, 0.717) is 28.3 Å². The third kappa shape index (κ3) is 3.85. The van der Waals surface area contributed by atoms with E-state index in [1.807, 2.05) is 0 Å². The summed E-state index contributed by atoms with van der Waals surface area (Å²) in [6.07, 6.45) is -2.15. The molecule has 1 aromatic carbocycles. The van der Waals surface area contributed by atoms with Crippen molar-refractivity contribution < 1.29 is 28.7 Å². The first-order valence-electron chi connectivity index (χ1n) is 9.60. The maximum Gasteiger partial charge on any atom is 0.349 e. The molecule has 8 heteroatoms. The number of Topliss-reactive ketones (excluding diaryl/α,β-unsaturated/α-hetero) is 2. The highest BCUT2D eigenvalue weighted by Gasteiger charge is 2.35. The fraction of sp³-hybridized carbons (Fsp3) is 0.364. The standard InChI is InChI=1S/C22H24N2O6/c1-11-19(13(3)25)12(2)23-20(11)21(27)14(4)29-22(28)18-10-24(15(5)26)16-8-6-7-9-17(16)30-18/h6-9,14,18,23H,10H2,1-5H3/t14-,18+/m0/s1. The number of aromatic amines is 1. The summed E-state index contributed by atoms with van der Waals surface area (Å²) in [5.74, 6) is -1.19. The Hall–Kier alpha value is -3.42. The van der Waals surface area contributed by atoms with Crippen molar-refractivity contribution in [2.45, 2.75) is 46.8 Å². The molecule has 0 radical (unpaired) electrons. The van der Waals surface area contributed by atoms with E-state index in [-0.39, 0.29) is 23.9 Å². The highest BCUT2D eigenvalue weighted by atomic mass is 16.6. The Bertz CT molecular complexity index is 1040. The predicted octanol–water partition coefficient (Wildman–Crippen LogP) is 2.76. The summed E-state index contributed by atoms with van der Waals surface area (Å²) in [6, 6.07) is 6.90. The van der Waals surface area contributed by atoms with E-state index >= 15 is 0 Å². The van der Waals surface area contributed by atoms with Crippen molar-refractivity contribution >= 4 is 29.1 Å². The number of nitrogens with zero attached hydrogens (tertiary/aromatic N) is 1. The number of hydrogen-bond donors (Lipinski definition) is 1. The SMILES string of the molecule is CC(=O)c1c(C)[nH]c(C(=O)[C@H](C)OC(=O)[C@H]2CN(C(C)=O)c3ccccc3O2)c1C. The minimum atomic E-state index is -1.10. The Balaban J connectivity index is 1.76. The number of carbonyl (C=O) groups is 4. The molecule has 0 saturated heterocycles. The molecule has 8 nitrogen and oxygen atoms in total. The smallest absolute Gasteiger partial charge is 0.349 e. The number of esters is 1. The molecular weight excluding hydrogens is 388 g/mol. The molecule has 0 bridgehead atoms. The summed E-state index contributed by atoms with van der Waals surface area (Å²) < 4.78 is 11.1. The summed E-state index contributed by atoms with van der Waals surface area (Å²) >= 11 is 0. The van der Waals surface area contributed by atoms with Crippen molar-refractivity contribution in [3.8, 4) is 5.75 Å². The first-order chi connectivity index (χ1) is 14.1. The number of rotatable bonds is 5. The average molecular weight is 412 g/mol. The molecular formula is C22H24N2O6. The molecule has 0 fully saturated rings. The number of aromatic nitrogens is 1. The molecule has 1 aliphatic rings. The lowest BCUT2D eigenvalue weighted by Crippen LogP contribution is -2.48. The van der Waals surface area contributed by atoms with Crippen molar-refractivity contribution in [1.29, 1.82) is 0 Å². The van der Waals surface area contributed by atoms with Crippen LogP contribution in [0.2, 0.25) is 0 Å². The van der Waals surface area contributed by atoms with Crippen molar-refractivity contribution in [2.24, 2.45) is 0 Å². The molecule has 1 amide bonds. The van der Waals surface area contributed by atoms with Gasteiger partial charge in [-0.3, -0.25) is 14.4 Å². The largest absolute Gasteiger partial charge is 0.475 e. The first kappa shape index (κ1) is 21.3. The molecule has 2 aromatic rings. The van der Waals surface area contributed by atoms with Crippen molar-refractivity contribution in [2.75, 3.05) is 11.4 Å². The second kappa shape index (κ2) is 8.14. The third-order valence-corrected chi connectivity index (χ3v) is 5.11. The maximum absolute atomic E-state index is 12.8. The number of amides is 1. The molecule has 2 atom stereocenters. The number of aryl methyl sites for hydroxylation is 1. The lowest BCUT2D eigenvalue weighted by molar-refractivity contribution is -0.154. The number of fused-ring (bicyclic) bond motifs is 1. The van der Waals surface area contributed by atoms with Crippen LogP contribution in [0.25, 0.3) is 0 Å². The number of carbonyl (C=O) groups excluding carboxylic acids is 4. The molecule has 0 spiro atoms. The van der Waals surface area contributed by atoms with Gasteiger partial charge in [0.15, 0.2) is 11.9 Å². The zero-order valence-electron chi connectivity index (χ0n) is 17.6. The Morgan fingerprint density at radius 2 is 1.83 bits per heavy atom. The fourth-order valence-corrected chi connectivity index (χ4v) is 3.69. The maximum atomic E-state index is 12.8. The zero-order chi connectivity index (χ0) is 22.2. The highest BCUT2D eigenvalue weighted by molar-refractivity contribution is 6.05. The highest BCUT2D eigenvalue weighted by Crippen LogP contribution is 2.33. The van der Waals surface area contributed by atoms with Crippen LogP contribution in [0.5, 0.6) is 5.75 Å². The number of H-pyrrole nitrogens is 1. The number of nitrogens with one attached hydrogen (secondary N) is 1. The Morgan fingerprint density at radius 3 is 2.43 bits per heavy atom. The van der Waals surface area contributed by atoms with Gasteiger partial charge in [-0.25, -0.2) is 4.79 Å². The molecule has 0 unspecified atom stereocenters. The minimum Gasteiger partial charge on any atom is -0.475 e. The van der Waals surface area contributed by atoms with Gasteiger partial charge >= 0.3 is 5.97 Å². The van der Waals surface area contributed by atoms with Gasteiger partial charge in [0.05, 0.1) is 17.9 Å². The summed E-state index contributed by atoms with van der Waals surface area (Å²) in [5, 5.41) is 0. The second-order valence-electron chi connectivity index (χ2n) is 7.33. The average Bonchev–Trinajstić information content (AvgIpc) is 3.00.